The largest absolute Gasteiger partial charge is 0.472 e. The molecule has 0 bridgehead atoms. The predicted octanol–water partition coefficient (Wildman–Crippen LogP) is 19.6. The van der Waals surface area contributed by atoms with Crippen molar-refractivity contribution < 1.29 is 80.2 Å². The van der Waals surface area contributed by atoms with Crippen LogP contribution < -0.4 is 0 Å². The predicted molar refractivity (Wildman–Crippen MR) is 354 cm³/mol. The Bertz CT molecular complexity index is 1720. The fourth-order valence-electron chi connectivity index (χ4n) is 10.4. The second-order valence-electron chi connectivity index (χ2n) is 25.9. The number of unbranched alkanes of at least 4 members (excludes halogenated alkanes) is 38. The van der Waals surface area contributed by atoms with Crippen LogP contribution in [0.4, 0.5) is 0 Å². The van der Waals surface area contributed by atoms with Gasteiger partial charge in [0.1, 0.15) is 19.3 Å². The zero-order valence-corrected chi connectivity index (χ0v) is 58.8. The number of phosphoric acid groups is 2. The summed E-state index contributed by atoms with van der Waals surface area (Å²) in [6, 6.07) is 0. The van der Waals surface area contributed by atoms with Crippen molar-refractivity contribution in [2.24, 2.45) is 11.8 Å². The Morgan fingerprint density at radius 3 is 0.773 bits per heavy atom. The highest BCUT2D eigenvalue weighted by Crippen LogP contribution is 2.45. The van der Waals surface area contributed by atoms with Crippen LogP contribution in [-0.2, 0) is 65.4 Å². The molecule has 0 rings (SSSR count). The second kappa shape index (κ2) is 61.3. The lowest BCUT2D eigenvalue weighted by Crippen LogP contribution is -2.30. The molecule has 0 aliphatic rings. The van der Waals surface area contributed by atoms with Gasteiger partial charge in [0.05, 0.1) is 26.4 Å². The number of carbonyl (C=O) groups is 4. The van der Waals surface area contributed by atoms with Crippen LogP contribution in [0.1, 0.15) is 350 Å². The maximum Gasteiger partial charge on any atom is 0.472 e. The lowest BCUT2D eigenvalue weighted by atomic mass is 10.0. The molecule has 0 aromatic rings. The van der Waals surface area contributed by atoms with Crippen LogP contribution in [0, 0.1) is 11.8 Å². The summed E-state index contributed by atoms with van der Waals surface area (Å²) in [5.41, 5.74) is 0. The molecule has 0 aromatic heterocycles. The lowest BCUT2D eigenvalue weighted by molar-refractivity contribution is -0.161. The van der Waals surface area contributed by atoms with Gasteiger partial charge in [0.15, 0.2) is 12.2 Å². The van der Waals surface area contributed by atoms with E-state index >= 15 is 0 Å². The molecule has 0 saturated heterocycles. The molecule has 0 radical (unpaired) electrons. The number of ether oxygens (including phenoxy) is 4. The van der Waals surface area contributed by atoms with Gasteiger partial charge < -0.3 is 33.8 Å². The number of esters is 4. The molecule has 0 aliphatic carbocycles. The average Bonchev–Trinajstić information content (AvgIpc) is 3.69. The topological polar surface area (TPSA) is 237 Å². The Balaban J connectivity index is 5.16. The van der Waals surface area contributed by atoms with Gasteiger partial charge in [-0.15, -0.1) is 0 Å². The van der Waals surface area contributed by atoms with E-state index < -0.39 is 97.5 Å². The molecule has 0 heterocycles. The van der Waals surface area contributed by atoms with E-state index in [1.165, 1.54) is 161 Å². The van der Waals surface area contributed by atoms with Crippen LogP contribution in [0.2, 0.25) is 0 Å². The third-order valence-electron chi connectivity index (χ3n) is 16.0. The SMILES string of the molecule is CCCCCCCCCCCCCCCCCC(=O)O[C@H](COC(=O)CCCCCCCCCCCCCC(C)C)COP(=O)(O)OC[C@@H](O)COP(=O)(O)OC[C@@H](COC(=O)CCCCCCC)OC(=O)CCCCCCCCCCCCCC(C)C. The van der Waals surface area contributed by atoms with Crippen molar-refractivity contribution in [2.45, 2.75) is 368 Å². The van der Waals surface area contributed by atoms with E-state index in [0.717, 1.165) is 108 Å². The molecule has 2 unspecified atom stereocenters. The molecule has 19 heteroatoms. The van der Waals surface area contributed by atoms with Crippen LogP contribution in [0.25, 0.3) is 0 Å². The first-order valence-corrected chi connectivity index (χ1v) is 39.0. The second-order valence-corrected chi connectivity index (χ2v) is 28.8. The first kappa shape index (κ1) is 86.1. The zero-order valence-electron chi connectivity index (χ0n) is 57.0. The van der Waals surface area contributed by atoms with Gasteiger partial charge in [-0.25, -0.2) is 9.13 Å². The number of hydrogen-bond acceptors (Lipinski definition) is 15. The van der Waals surface area contributed by atoms with Crippen molar-refractivity contribution >= 4 is 39.5 Å². The number of aliphatic hydroxyl groups is 1. The Morgan fingerprint density at radius 1 is 0.307 bits per heavy atom. The quantitative estimate of drug-likeness (QED) is 0.0222. The van der Waals surface area contributed by atoms with Crippen LogP contribution in [0.15, 0.2) is 0 Å². The minimum atomic E-state index is -4.95. The molecule has 88 heavy (non-hydrogen) atoms. The van der Waals surface area contributed by atoms with Gasteiger partial charge in [-0.1, -0.05) is 298 Å². The number of phosphoric ester groups is 2. The highest BCUT2D eigenvalue weighted by atomic mass is 31.2. The van der Waals surface area contributed by atoms with E-state index in [1.807, 2.05) is 0 Å². The summed E-state index contributed by atoms with van der Waals surface area (Å²) in [4.78, 5) is 72.3. The molecule has 0 spiro atoms. The summed E-state index contributed by atoms with van der Waals surface area (Å²) in [5.74, 6) is -0.598. The molecule has 0 aromatic carbocycles. The molecule has 522 valence electrons. The fourth-order valence-corrected chi connectivity index (χ4v) is 12.0. The molecule has 0 aliphatic heterocycles. The highest BCUT2D eigenvalue weighted by Gasteiger charge is 2.30. The third-order valence-corrected chi connectivity index (χ3v) is 17.9. The van der Waals surface area contributed by atoms with Gasteiger partial charge in [0.2, 0.25) is 0 Å². The molecule has 0 saturated carbocycles. The van der Waals surface area contributed by atoms with Crippen molar-refractivity contribution in [3.63, 3.8) is 0 Å². The monoisotopic (exact) mass is 1300 g/mol. The number of hydrogen-bond donors (Lipinski definition) is 3. The van der Waals surface area contributed by atoms with E-state index in [-0.39, 0.29) is 25.7 Å². The van der Waals surface area contributed by atoms with E-state index in [4.69, 9.17) is 37.0 Å². The molecule has 17 nitrogen and oxygen atoms in total. The van der Waals surface area contributed by atoms with Crippen LogP contribution in [0.3, 0.4) is 0 Å². The van der Waals surface area contributed by atoms with Gasteiger partial charge in [0, 0.05) is 25.7 Å². The smallest absolute Gasteiger partial charge is 0.462 e. The Kier molecular flexibility index (Phi) is 59.9. The first-order valence-electron chi connectivity index (χ1n) is 36.0. The van der Waals surface area contributed by atoms with Crippen LogP contribution in [-0.4, -0.2) is 96.7 Å². The average molecular weight is 1300 g/mol. The molecule has 3 N–H and O–H groups in total. The summed E-state index contributed by atoms with van der Waals surface area (Å²) in [6.07, 6.45) is 46.1. The van der Waals surface area contributed by atoms with Crippen LogP contribution >= 0.6 is 15.6 Å². The summed E-state index contributed by atoms with van der Waals surface area (Å²) < 4.78 is 68.1. The Labute approximate surface area is 537 Å². The van der Waals surface area contributed by atoms with Gasteiger partial charge in [0.25, 0.3) is 0 Å². The van der Waals surface area contributed by atoms with Crippen molar-refractivity contribution in [1.29, 1.82) is 0 Å². The normalized spacial score (nSPS) is 14.2. The van der Waals surface area contributed by atoms with E-state index in [0.29, 0.717) is 25.7 Å². The maximum absolute atomic E-state index is 13.0. The van der Waals surface area contributed by atoms with Gasteiger partial charge >= 0.3 is 39.5 Å². The lowest BCUT2D eigenvalue weighted by Gasteiger charge is -2.21. The standard InChI is InChI=1S/C69H134O17P2/c1-7-9-11-13-14-15-16-17-18-19-24-30-35-41-47-53-69(74)86-65(58-80-67(72)52-46-40-34-29-25-20-22-27-32-38-43-49-61(3)4)60-84-88(77,78)82-56-63(70)55-81-87(75,76)83-59-64(57-79-66(71)51-45-37-12-10-8-2)85-68(73)54-48-42-36-31-26-21-23-28-33-39-44-50-62(5)6/h61-65,70H,7-60H2,1-6H3,(H,75,76)(H,77,78)/t63-,64+,65+/m0/s1. The molecule has 0 fully saturated rings. The maximum atomic E-state index is 13.0. The summed E-state index contributed by atoms with van der Waals surface area (Å²) in [5, 5.41) is 10.6. The summed E-state index contributed by atoms with van der Waals surface area (Å²) in [6.45, 7) is 9.46. The molecular weight excluding hydrogens is 1160 g/mol. The number of aliphatic hydroxyl groups excluding tert-OH is 1. The van der Waals surface area contributed by atoms with Gasteiger partial charge in [-0.3, -0.25) is 37.3 Å². The minimum absolute atomic E-state index is 0.105. The summed E-state index contributed by atoms with van der Waals surface area (Å²) >= 11 is 0. The van der Waals surface area contributed by atoms with Crippen molar-refractivity contribution in [3.05, 3.63) is 0 Å². The number of carbonyl (C=O) groups excluding carboxylic acids is 4. The zero-order chi connectivity index (χ0) is 65.0. The third kappa shape index (κ3) is 62.8. The van der Waals surface area contributed by atoms with E-state index in [1.54, 1.807) is 0 Å². The first-order chi connectivity index (χ1) is 42.4. The fraction of sp³-hybridized carbons (Fsp3) is 0.942. The molecule has 5 atom stereocenters. The summed E-state index contributed by atoms with van der Waals surface area (Å²) in [7, 11) is -9.89. The van der Waals surface area contributed by atoms with Gasteiger partial charge in [-0.05, 0) is 37.5 Å². The van der Waals surface area contributed by atoms with Gasteiger partial charge in [-0.2, -0.15) is 0 Å². The van der Waals surface area contributed by atoms with E-state index in [9.17, 15) is 43.2 Å². The van der Waals surface area contributed by atoms with Crippen molar-refractivity contribution in [2.75, 3.05) is 39.6 Å². The Morgan fingerprint density at radius 2 is 0.523 bits per heavy atom. The van der Waals surface area contributed by atoms with Crippen molar-refractivity contribution in [3.8, 4) is 0 Å². The number of rotatable bonds is 68. The van der Waals surface area contributed by atoms with Crippen molar-refractivity contribution in [1.82, 2.24) is 0 Å². The molecule has 0 amide bonds. The van der Waals surface area contributed by atoms with Crippen LogP contribution in [0.5, 0.6) is 0 Å². The minimum Gasteiger partial charge on any atom is -0.462 e. The highest BCUT2D eigenvalue weighted by molar-refractivity contribution is 7.47. The Hall–Kier alpha value is -1.94. The van der Waals surface area contributed by atoms with E-state index in [2.05, 4.69) is 41.5 Å². The molecular formula is C69H134O17P2.